The van der Waals surface area contributed by atoms with E-state index in [1.54, 1.807) is 12.1 Å². The van der Waals surface area contributed by atoms with Crippen molar-refractivity contribution in [2.75, 3.05) is 25.0 Å². The second kappa shape index (κ2) is 9.26. The van der Waals surface area contributed by atoms with Gasteiger partial charge in [-0.1, -0.05) is 34.0 Å². The second-order valence-corrected chi connectivity index (χ2v) is 9.66. The van der Waals surface area contributed by atoms with Gasteiger partial charge in [-0.05, 0) is 55.3 Å². The van der Waals surface area contributed by atoms with E-state index in [-0.39, 0.29) is 28.2 Å². The van der Waals surface area contributed by atoms with Crippen LogP contribution in [0.3, 0.4) is 0 Å². The van der Waals surface area contributed by atoms with Crippen molar-refractivity contribution < 1.29 is 17.9 Å². The molecular weight excluding hydrogens is 468 g/mol. The maximum atomic E-state index is 12.7. The minimum absolute atomic E-state index is 0.131. The number of halogens is 2. The predicted octanol–water partition coefficient (Wildman–Crippen LogP) is 4.29. The molecule has 0 saturated carbocycles. The third-order valence-corrected chi connectivity index (χ3v) is 7.06. The van der Waals surface area contributed by atoms with Crippen LogP contribution >= 0.6 is 27.5 Å². The number of piperidine rings is 1. The molecule has 0 aromatic heterocycles. The number of sulfonamides is 1. The molecule has 1 fully saturated rings. The van der Waals surface area contributed by atoms with Crippen LogP contribution in [0.1, 0.15) is 19.3 Å². The van der Waals surface area contributed by atoms with Gasteiger partial charge in [0.25, 0.3) is 5.91 Å². The molecule has 28 heavy (non-hydrogen) atoms. The standard InChI is InChI=1S/C19H20BrClN2O4S/c20-14-4-6-15(7-5-14)22-19(24)13-27-18-9-8-16(12-17(18)21)28(25,26)23-10-2-1-3-11-23/h4-9,12H,1-3,10-11,13H2,(H,22,24). The molecule has 1 aliphatic rings. The monoisotopic (exact) mass is 486 g/mol. The first-order valence-electron chi connectivity index (χ1n) is 8.84. The lowest BCUT2D eigenvalue weighted by Crippen LogP contribution is -2.35. The Balaban J connectivity index is 1.62. The summed E-state index contributed by atoms with van der Waals surface area (Å²) in [4.78, 5) is 12.2. The van der Waals surface area contributed by atoms with Gasteiger partial charge in [0.05, 0.1) is 9.92 Å². The van der Waals surface area contributed by atoms with Crippen LogP contribution in [0.2, 0.25) is 5.02 Å². The number of rotatable bonds is 6. The number of nitrogens with one attached hydrogen (secondary N) is 1. The van der Waals surface area contributed by atoms with Gasteiger partial charge >= 0.3 is 0 Å². The number of amides is 1. The van der Waals surface area contributed by atoms with Gasteiger partial charge < -0.3 is 10.1 Å². The van der Waals surface area contributed by atoms with Gasteiger partial charge in [0.2, 0.25) is 10.0 Å². The summed E-state index contributed by atoms with van der Waals surface area (Å²) in [5.74, 6) is -0.0892. The quantitative estimate of drug-likeness (QED) is 0.659. The van der Waals surface area contributed by atoms with Crippen molar-refractivity contribution >= 4 is 49.1 Å². The highest BCUT2D eigenvalue weighted by atomic mass is 79.9. The predicted molar refractivity (Wildman–Crippen MR) is 112 cm³/mol. The highest BCUT2D eigenvalue weighted by molar-refractivity contribution is 9.10. The Morgan fingerprint density at radius 1 is 1.11 bits per heavy atom. The van der Waals surface area contributed by atoms with Gasteiger partial charge in [0, 0.05) is 23.2 Å². The maximum Gasteiger partial charge on any atom is 0.262 e. The molecule has 1 heterocycles. The minimum Gasteiger partial charge on any atom is -0.482 e. The van der Waals surface area contributed by atoms with Gasteiger partial charge in [0.15, 0.2) is 6.61 Å². The fourth-order valence-electron chi connectivity index (χ4n) is 2.89. The lowest BCUT2D eigenvalue weighted by molar-refractivity contribution is -0.118. The van der Waals surface area contributed by atoms with Gasteiger partial charge in [-0.15, -0.1) is 0 Å². The number of nitrogens with zero attached hydrogens (tertiary/aromatic N) is 1. The molecule has 2 aromatic carbocycles. The first kappa shape index (κ1) is 21.1. The van der Waals surface area contributed by atoms with E-state index in [4.69, 9.17) is 16.3 Å². The Morgan fingerprint density at radius 2 is 1.79 bits per heavy atom. The Hall–Kier alpha value is -1.61. The zero-order valence-corrected chi connectivity index (χ0v) is 18.2. The zero-order valence-electron chi connectivity index (χ0n) is 15.0. The van der Waals surface area contributed by atoms with E-state index in [9.17, 15) is 13.2 Å². The van der Waals surface area contributed by atoms with Crippen LogP contribution in [0.25, 0.3) is 0 Å². The molecule has 0 aliphatic carbocycles. The summed E-state index contributed by atoms with van der Waals surface area (Å²) < 4.78 is 33.2. The van der Waals surface area contributed by atoms with E-state index in [2.05, 4.69) is 21.2 Å². The summed E-state index contributed by atoms with van der Waals surface area (Å²) in [7, 11) is -3.57. The van der Waals surface area contributed by atoms with Crippen molar-refractivity contribution in [3.8, 4) is 5.75 Å². The third kappa shape index (κ3) is 5.26. The Kier molecular flexibility index (Phi) is 6.98. The highest BCUT2D eigenvalue weighted by Gasteiger charge is 2.26. The average Bonchev–Trinajstić information content (AvgIpc) is 2.69. The van der Waals surface area contributed by atoms with Crippen molar-refractivity contribution in [2.45, 2.75) is 24.2 Å². The van der Waals surface area contributed by atoms with Crippen LogP contribution in [0.5, 0.6) is 5.75 Å². The fourth-order valence-corrected chi connectivity index (χ4v) is 4.99. The summed E-state index contributed by atoms with van der Waals surface area (Å²) in [6.45, 7) is 0.802. The molecular formula is C19H20BrClN2O4S. The Labute approximate surface area is 178 Å². The number of carbonyl (C=O) groups is 1. The van der Waals surface area contributed by atoms with Crippen LogP contribution < -0.4 is 10.1 Å². The van der Waals surface area contributed by atoms with Gasteiger partial charge in [-0.3, -0.25) is 4.79 Å². The second-order valence-electron chi connectivity index (χ2n) is 6.40. The number of hydrogen-bond donors (Lipinski definition) is 1. The molecule has 1 amide bonds. The average molecular weight is 488 g/mol. The minimum atomic E-state index is -3.57. The lowest BCUT2D eigenvalue weighted by atomic mass is 10.2. The fraction of sp³-hybridized carbons (Fsp3) is 0.316. The largest absolute Gasteiger partial charge is 0.482 e. The molecule has 0 spiro atoms. The summed E-state index contributed by atoms with van der Waals surface area (Å²) in [5.41, 5.74) is 0.644. The van der Waals surface area contributed by atoms with Crippen LogP contribution in [-0.4, -0.2) is 38.3 Å². The number of anilines is 1. The summed E-state index contributed by atoms with van der Waals surface area (Å²) in [6, 6.07) is 11.4. The maximum absolute atomic E-state index is 12.7. The lowest BCUT2D eigenvalue weighted by Gasteiger charge is -2.26. The molecule has 0 radical (unpaired) electrons. The SMILES string of the molecule is O=C(COc1ccc(S(=O)(=O)N2CCCCC2)cc1Cl)Nc1ccc(Br)cc1. The zero-order chi connectivity index (χ0) is 20.1. The van der Waals surface area contributed by atoms with Crippen LogP contribution in [0.4, 0.5) is 5.69 Å². The molecule has 1 saturated heterocycles. The van der Waals surface area contributed by atoms with Crippen molar-refractivity contribution in [2.24, 2.45) is 0 Å². The van der Waals surface area contributed by atoms with Crippen LogP contribution in [-0.2, 0) is 14.8 Å². The molecule has 1 aliphatic heterocycles. The van der Waals surface area contributed by atoms with Gasteiger partial charge in [0.1, 0.15) is 5.75 Å². The van der Waals surface area contributed by atoms with Crippen molar-refractivity contribution in [1.29, 1.82) is 0 Å². The molecule has 0 atom stereocenters. The first-order chi connectivity index (χ1) is 13.4. The molecule has 0 bridgehead atoms. The third-order valence-electron chi connectivity index (χ3n) is 4.34. The molecule has 2 aromatic rings. The molecule has 9 heteroatoms. The molecule has 0 unspecified atom stereocenters. The number of benzene rings is 2. The number of ether oxygens (including phenoxy) is 1. The van der Waals surface area contributed by atoms with Crippen LogP contribution in [0, 0.1) is 0 Å². The van der Waals surface area contributed by atoms with E-state index in [1.165, 1.54) is 22.5 Å². The molecule has 6 nitrogen and oxygen atoms in total. The number of hydrogen-bond acceptors (Lipinski definition) is 4. The molecule has 1 N–H and O–H groups in total. The van der Waals surface area contributed by atoms with Crippen molar-refractivity contribution in [3.05, 3.63) is 52.0 Å². The molecule has 3 rings (SSSR count). The van der Waals surface area contributed by atoms with E-state index in [0.29, 0.717) is 18.8 Å². The first-order valence-corrected chi connectivity index (χ1v) is 11.5. The summed E-state index contributed by atoms with van der Waals surface area (Å²) in [6.07, 6.45) is 2.77. The summed E-state index contributed by atoms with van der Waals surface area (Å²) in [5, 5.41) is 2.85. The Morgan fingerprint density at radius 3 is 2.43 bits per heavy atom. The van der Waals surface area contributed by atoms with Crippen LogP contribution in [0.15, 0.2) is 51.8 Å². The van der Waals surface area contributed by atoms with E-state index in [1.807, 2.05) is 12.1 Å². The normalized spacial score (nSPS) is 15.2. The Bertz CT molecular complexity index is 945. The smallest absolute Gasteiger partial charge is 0.262 e. The van der Waals surface area contributed by atoms with Crippen molar-refractivity contribution in [3.63, 3.8) is 0 Å². The summed E-state index contributed by atoms with van der Waals surface area (Å²) >= 11 is 9.52. The molecule has 150 valence electrons. The van der Waals surface area contributed by atoms with Gasteiger partial charge in [-0.2, -0.15) is 4.31 Å². The highest BCUT2D eigenvalue weighted by Crippen LogP contribution is 2.29. The number of carbonyl (C=O) groups excluding carboxylic acids is 1. The van der Waals surface area contributed by atoms with E-state index in [0.717, 1.165) is 23.7 Å². The van der Waals surface area contributed by atoms with E-state index >= 15 is 0 Å². The van der Waals surface area contributed by atoms with E-state index < -0.39 is 10.0 Å². The van der Waals surface area contributed by atoms with Gasteiger partial charge in [-0.25, -0.2) is 8.42 Å². The van der Waals surface area contributed by atoms with Crippen molar-refractivity contribution in [1.82, 2.24) is 4.31 Å². The topological polar surface area (TPSA) is 75.7 Å².